The smallest absolute Gasteiger partial charge is 0.135 e. The number of aromatic nitrogens is 1. The maximum absolute atomic E-state index is 6.46. The largest absolute Gasteiger partial charge is 0.456 e. The van der Waals surface area contributed by atoms with Crippen LogP contribution >= 0.6 is 11.3 Å². The van der Waals surface area contributed by atoms with E-state index in [-0.39, 0.29) is 12.3 Å². The Bertz CT molecular complexity index is 3320. The third-order valence-electron chi connectivity index (χ3n) is 11.5. The molecule has 0 saturated carbocycles. The highest BCUT2D eigenvalue weighted by molar-refractivity contribution is 7.26. The van der Waals surface area contributed by atoms with Gasteiger partial charge in [0.1, 0.15) is 29.3 Å². The van der Waals surface area contributed by atoms with Gasteiger partial charge in [-0.3, -0.25) is 5.32 Å². The summed E-state index contributed by atoms with van der Waals surface area (Å²) in [4.78, 5) is 5.25. The standard InChI is InChI=1S/C51H34N4OS/c1-3-12-31(13-4-1)49-52-50(32-14-5-2-6-15-32)54-51(53-49)34-23-27-46-41(29-34)48-36(18-11-21-47(48)57-46)33-22-25-44-39(28-33)40-30-35(24-26-45(40)56-44)55-42-19-9-7-16-37(42)38-17-8-10-20-43(38)55/h1-30,49-50,52H,(H,53,54). The summed E-state index contributed by atoms with van der Waals surface area (Å²) in [5.74, 6) is 0.875. The van der Waals surface area contributed by atoms with Gasteiger partial charge in [-0.1, -0.05) is 115 Å². The zero-order chi connectivity index (χ0) is 37.5. The van der Waals surface area contributed by atoms with Crippen LogP contribution in [0.15, 0.2) is 191 Å². The topological polar surface area (TPSA) is 54.5 Å². The van der Waals surface area contributed by atoms with Crippen molar-refractivity contribution in [2.45, 2.75) is 12.3 Å². The fourth-order valence-electron chi connectivity index (χ4n) is 8.82. The first kappa shape index (κ1) is 32.3. The molecule has 2 atom stereocenters. The van der Waals surface area contributed by atoms with Crippen molar-refractivity contribution in [3.63, 3.8) is 0 Å². The van der Waals surface area contributed by atoms with Crippen LogP contribution in [-0.2, 0) is 0 Å². The third-order valence-corrected chi connectivity index (χ3v) is 12.6. The van der Waals surface area contributed by atoms with Crippen LogP contribution in [0.3, 0.4) is 0 Å². The predicted octanol–water partition coefficient (Wildman–Crippen LogP) is 13.1. The predicted molar refractivity (Wildman–Crippen MR) is 238 cm³/mol. The summed E-state index contributed by atoms with van der Waals surface area (Å²) in [6.45, 7) is 0. The van der Waals surface area contributed by atoms with E-state index in [1.165, 1.54) is 53.1 Å². The molecule has 8 aromatic carbocycles. The molecule has 1 aliphatic rings. The Morgan fingerprint density at radius 1 is 0.509 bits per heavy atom. The first-order valence-corrected chi connectivity index (χ1v) is 20.2. The minimum atomic E-state index is -0.190. The van der Waals surface area contributed by atoms with Crippen molar-refractivity contribution in [3.8, 4) is 16.8 Å². The average Bonchev–Trinajstić information content (AvgIpc) is 3.95. The molecule has 12 rings (SSSR count). The maximum Gasteiger partial charge on any atom is 0.135 e. The number of nitrogens with zero attached hydrogens (tertiary/aromatic N) is 2. The number of amidine groups is 1. The van der Waals surface area contributed by atoms with Crippen LogP contribution in [0.1, 0.15) is 29.0 Å². The minimum absolute atomic E-state index is 0.0960. The molecule has 0 spiro atoms. The minimum Gasteiger partial charge on any atom is -0.456 e. The highest BCUT2D eigenvalue weighted by Crippen LogP contribution is 2.43. The molecule has 57 heavy (non-hydrogen) atoms. The Labute approximate surface area is 332 Å². The SMILES string of the molecule is c1ccc(C2N=C(c3ccc4sc5cccc(-c6ccc7oc8ccc(-n9c%10ccccc%10c%10ccccc%109)cc8c7c6)c5c4c3)NC(c3ccccc3)N2)cc1. The summed E-state index contributed by atoms with van der Waals surface area (Å²) in [6, 6.07) is 65.0. The maximum atomic E-state index is 6.46. The second-order valence-corrected chi connectivity index (χ2v) is 15.9. The number of para-hydroxylation sites is 2. The number of rotatable bonds is 5. The Morgan fingerprint density at radius 3 is 1.93 bits per heavy atom. The summed E-state index contributed by atoms with van der Waals surface area (Å²) >= 11 is 1.84. The lowest BCUT2D eigenvalue weighted by atomic mass is 9.97. The molecular formula is C51H34N4OS. The number of thiophene rings is 1. The zero-order valence-electron chi connectivity index (χ0n) is 30.7. The van der Waals surface area contributed by atoms with Crippen molar-refractivity contribution in [1.82, 2.24) is 15.2 Å². The van der Waals surface area contributed by atoms with E-state index < -0.39 is 0 Å². The molecule has 2 N–H and O–H groups in total. The van der Waals surface area contributed by atoms with E-state index >= 15 is 0 Å². The van der Waals surface area contributed by atoms with Crippen molar-refractivity contribution in [2.75, 3.05) is 0 Å². The van der Waals surface area contributed by atoms with Crippen molar-refractivity contribution < 1.29 is 4.42 Å². The van der Waals surface area contributed by atoms with Gasteiger partial charge in [0.15, 0.2) is 0 Å². The fourth-order valence-corrected chi connectivity index (χ4v) is 9.93. The molecule has 4 heterocycles. The number of furan rings is 1. The van der Waals surface area contributed by atoms with Crippen molar-refractivity contribution >= 4 is 81.1 Å². The number of aliphatic imine (C=N–C) groups is 1. The van der Waals surface area contributed by atoms with Gasteiger partial charge < -0.3 is 14.3 Å². The highest BCUT2D eigenvalue weighted by Gasteiger charge is 2.26. The number of hydrogen-bond acceptors (Lipinski definition) is 5. The van der Waals surface area contributed by atoms with Gasteiger partial charge in [0.05, 0.1) is 11.0 Å². The lowest BCUT2D eigenvalue weighted by Gasteiger charge is -2.32. The van der Waals surface area contributed by atoms with Gasteiger partial charge in [-0.15, -0.1) is 11.3 Å². The second-order valence-electron chi connectivity index (χ2n) is 14.8. The summed E-state index contributed by atoms with van der Waals surface area (Å²) in [6.07, 6.45) is -0.286. The van der Waals surface area contributed by atoms with E-state index in [2.05, 4.69) is 191 Å². The molecule has 0 bridgehead atoms. The normalized spacial score (nSPS) is 15.9. The van der Waals surface area contributed by atoms with E-state index in [9.17, 15) is 0 Å². The molecule has 0 amide bonds. The van der Waals surface area contributed by atoms with Crippen LogP contribution < -0.4 is 10.6 Å². The summed E-state index contributed by atoms with van der Waals surface area (Å²) in [7, 11) is 0. The van der Waals surface area contributed by atoms with Gasteiger partial charge in [-0.2, -0.15) is 0 Å². The van der Waals surface area contributed by atoms with E-state index in [0.717, 1.165) is 50.2 Å². The lowest BCUT2D eigenvalue weighted by molar-refractivity contribution is 0.409. The number of hydrogen-bond donors (Lipinski definition) is 2. The molecule has 0 aliphatic carbocycles. The van der Waals surface area contributed by atoms with Crippen LogP contribution in [-0.4, -0.2) is 10.4 Å². The van der Waals surface area contributed by atoms with Gasteiger partial charge >= 0.3 is 0 Å². The molecule has 6 heteroatoms. The van der Waals surface area contributed by atoms with Crippen LogP contribution in [0.4, 0.5) is 0 Å². The van der Waals surface area contributed by atoms with Gasteiger partial charge in [0.2, 0.25) is 0 Å². The van der Waals surface area contributed by atoms with E-state index in [0.29, 0.717) is 0 Å². The average molecular weight is 751 g/mol. The number of benzene rings is 8. The first-order valence-electron chi connectivity index (χ1n) is 19.3. The van der Waals surface area contributed by atoms with Gasteiger partial charge in [0, 0.05) is 53.0 Å². The number of nitrogens with one attached hydrogen (secondary N) is 2. The Kier molecular flexibility index (Phi) is 7.24. The quantitative estimate of drug-likeness (QED) is 0.184. The Hall–Kier alpha value is -6.99. The van der Waals surface area contributed by atoms with E-state index in [1.54, 1.807) is 0 Å². The summed E-state index contributed by atoms with van der Waals surface area (Å²) in [5.41, 5.74) is 11.0. The van der Waals surface area contributed by atoms with Gasteiger partial charge in [-0.25, -0.2) is 4.99 Å². The van der Waals surface area contributed by atoms with Crippen LogP contribution in [0, 0.1) is 0 Å². The van der Waals surface area contributed by atoms with Crippen molar-refractivity contribution in [3.05, 3.63) is 199 Å². The molecule has 1 aliphatic heterocycles. The van der Waals surface area contributed by atoms with Crippen LogP contribution in [0.25, 0.3) is 80.7 Å². The highest BCUT2D eigenvalue weighted by atomic mass is 32.1. The molecule has 3 aromatic heterocycles. The summed E-state index contributed by atoms with van der Waals surface area (Å²) < 4.78 is 11.3. The van der Waals surface area contributed by atoms with E-state index in [1.807, 2.05) is 17.4 Å². The summed E-state index contributed by atoms with van der Waals surface area (Å²) in [5, 5.41) is 14.7. The Balaban J connectivity index is 0.993. The molecule has 11 aromatic rings. The van der Waals surface area contributed by atoms with Gasteiger partial charge in [0.25, 0.3) is 0 Å². The second kappa shape index (κ2) is 12.8. The fraction of sp³-hybridized carbons (Fsp3) is 0.0392. The lowest BCUT2D eigenvalue weighted by Crippen LogP contribution is -2.44. The molecule has 0 saturated heterocycles. The van der Waals surface area contributed by atoms with E-state index in [4.69, 9.17) is 9.41 Å². The third kappa shape index (κ3) is 5.22. The van der Waals surface area contributed by atoms with Gasteiger partial charge in [-0.05, 0) is 89.0 Å². The zero-order valence-corrected chi connectivity index (χ0v) is 31.5. The molecule has 5 nitrogen and oxygen atoms in total. The van der Waals surface area contributed by atoms with Crippen LogP contribution in [0.5, 0.6) is 0 Å². The molecule has 0 radical (unpaired) electrons. The molecule has 2 unspecified atom stereocenters. The monoisotopic (exact) mass is 750 g/mol. The molecule has 0 fully saturated rings. The molecule has 270 valence electrons. The first-order chi connectivity index (χ1) is 28.2. The van der Waals surface area contributed by atoms with Crippen molar-refractivity contribution in [1.29, 1.82) is 0 Å². The van der Waals surface area contributed by atoms with Crippen molar-refractivity contribution in [2.24, 2.45) is 4.99 Å². The Morgan fingerprint density at radius 2 is 1.16 bits per heavy atom. The van der Waals surface area contributed by atoms with Crippen LogP contribution in [0.2, 0.25) is 0 Å². The number of fused-ring (bicyclic) bond motifs is 9. The molecular weight excluding hydrogens is 717 g/mol.